The summed E-state index contributed by atoms with van der Waals surface area (Å²) in [6, 6.07) is 3.61. The highest BCUT2D eigenvalue weighted by Crippen LogP contribution is 2.38. The number of hydrogen-bond donors (Lipinski definition) is 0. The Kier molecular flexibility index (Phi) is 5.70. The molecule has 1 saturated heterocycles. The van der Waals surface area contributed by atoms with Crippen molar-refractivity contribution in [3.05, 3.63) is 17.2 Å². The van der Waals surface area contributed by atoms with Crippen LogP contribution < -0.4 is 14.4 Å². The maximum Gasteiger partial charge on any atom is 0.410 e. The molecule has 1 amide bonds. The van der Waals surface area contributed by atoms with E-state index in [1.165, 1.54) is 0 Å². The number of ether oxygens (including phenoxy) is 3. The van der Waals surface area contributed by atoms with Gasteiger partial charge in [0.1, 0.15) is 17.1 Å². The van der Waals surface area contributed by atoms with E-state index in [4.69, 9.17) is 25.8 Å². The van der Waals surface area contributed by atoms with Crippen molar-refractivity contribution in [3.8, 4) is 11.5 Å². The molecule has 1 aliphatic heterocycles. The molecule has 2 rings (SSSR count). The number of carbonyl (C=O) groups excluding carboxylic acids is 1. The van der Waals surface area contributed by atoms with Crippen molar-refractivity contribution >= 4 is 23.4 Å². The standard InChI is InChI=1S/C17H25ClN2O4/c1-17(2,3)24-16(21)20-8-6-19(7-9-20)13-11-14(22-4)12(18)10-15(13)23-5/h10-11H,6-9H2,1-5H3. The van der Waals surface area contributed by atoms with Crippen molar-refractivity contribution in [2.75, 3.05) is 45.3 Å². The molecule has 0 atom stereocenters. The summed E-state index contributed by atoms with van der Waals surface area (Å²) in [4.78, 5) is 16.0. The van der Waals surface area contributed by atoms with Crippen LogP contribution in [0.1, 0.15) is 20.8 Å². The highest BCUT2D eigenvalue weighted by molar-refractivity contribution is 6.32. The molecule has 24 heavy (non-hydrogen) atoms. The lowest BCUT2D eigenvalue weighted by Gasteiger charge is -2.37. The van der Waals surface area contributed by atoms with E-state index in [9.17, 15) is 4.79 Å². The van der Waals surface area contributed by atoms with Gasteiger partial charge in [0.15, 0.2) is 0 Å². The number of carbonyl (C=O) groups is 1. The normalized spacial score (nSPS) is 15.2. The lowest BCUT2D eigenvalue weighted by Crippen LogP contribution is -2.50. The minimum absolute atomic E-state index is 0.275. The first kappa shape index (κ1) is 18.5. The van der Waals surface area contributed by atoms with Crippen LogP contribution in [0.15, 0.2) is 12.1 Å². The van der Waals surface area contributed by atoms with E-state index in [-0.39, 0.29) is 6.09 Å². The van der Waals surface area contributed by atoms with Gasteiger partial charge in [0.2, 0.25) is 0 Å². The fourth-order valence-electron chi connectivity index (χ4n) is 2.55. The molecule has 0 bridgehead atoms. The van der Waals surface area contributed by atoms with Gasteiger partial charge in [-0.15, -0.1) is 0 Å². The minimum Gasteiger partial charge on any atom is -0.495 e. The Bertz CT molecular complexity index is 593. The summed E-state index contributed by atoms with van der Waals surface area (Å²) in [5, 5.41) is 0.505. The molecule has 6 nitrogen and oxygen atoms in total. The Balaban J connectivity index is 2.08. The zero-order chi connectivity index (χ0) is 17.9. The average Bonchev–Trinajstić information content (AvgIpc) is 2.53. The van der Waals surface area contributed by atoms with E-state index in [1.54, 1.807) is 25.2 Å². The predicted octanol–water partition coefficient (Wildman–Crippen LogP) is 3.41. The molecule has 1 fully saturated rings. The molecule has 1 heterocycles. The summed E-state index contributed by atoms with van der Waals surface area (Å²) in [5.74, 6) is 1.29. The Labute approximate surface area is 148 Å². The van der Waals surface area contributed by atoms with Crippen molar-refractivity contribution in [1.29, 1.82) is 0 Å². The van der Waals surface area contributed by atoms with E-state index < -0.39 is 5.60 Å². The summed E-state index contributed by atoms with van der Waals surface area (Å²) in [6.07, 6.45) is -0.275. The number of benzene rings is 1. The summed E-state index contributed by atoms with van der Waals surface area (Å²) in [7, 11) is 3.19. The Morgan fingerprint density at radius 1 is 1.04 bits per heavy atom. The zero-order valence-corrected chi connectivity index (χ0v) is 15.6. The molecule has 0 spiro atoms. The number of rotatable bonds is 3. The van der Waals surface area contributed by atoms with Gasteiger partial charge in [-0.25, -0.2) is 4.79 Å². The number of anilines is 1. The van der Waals surface area contributed by atoms with Crippen LogP contribution in [-0.4, -0.2) is 57.0 Å². The number of nitrogens with zero attached hydrogens (tertiary/aromatic N) is 2. The van der Waals surface area contributed by atoms with Gasteiger partial charge in [-0.05, 0) is 20.8 Å². The van der Waals surface area contributed by atoms with Gasteiger partial charge in [-0.1, -0.05) is 11.6 Å². The monoisotopic (exact) mass is 356 g/mol. The van der Waals surface area contributed by atoms with E-state index in [0.29, 0.717) is 42.7 Å². The Morgan fingerprint density at radius 3 is 2.12 bits per heavy atom. The first-order valence-corrected chi connectivity index (χ1v) is 8.27. The van der Waals surface area contributed by atoms with Crippen LogP contribution >= 0.6 is 11.6 Å². The molecule has 134 valence electrons. The van der Waals surface area contributed by atoms with E-state index in [2.05, 4.69) is 4.90 Å². The van der Waals surface area contributed by atoms with Crippen molar-refractivity contribution in [3.63, 3.8) is 0 Å². The van der Waals surface area contributed by atoms with Crippen molar-refractivity contribution in [2.24, 2.45) is 0 Å². The maximum absolute atomic E-state index is 12.1. The van der Waals surface area contributed by atoms with Crippen LogP contribution in [0.5, 0.6) is 11.5 Å². The minimum atomic E-state index is -0.485. The lowest BCUT2D eigenvalue weighted by molar-refractivity contribution is 0.0240. The molecule has 0 aromatic heterocycles. The average molecular weight is 357 g/mol. The molecule has 0 N–H and O–H groups in total. The molecule has 0 saturated carbocycles. The van der Waals surface area contributed by atoms with Crippen molar-refractivity contribution in [1.82, 2.24) is 4.90 Å². The van der Waals surface area contributed by atoms with Crippen LogP contribution in [-0.2, 0) is 4.74 Å². The largest absolute Gasteiger partial charge is 0.495 e. The third kappa shape index (κ3) is 4.38. The summed E-state index contributed by atoms with van der Waals surface area (Å²) < 4.78 is 16.1. The van der Waals surface area contributed by atoms with E-state index in [0.717, 1.165) is 5.69 Å². The first-order valence-electron chi connectivity index (χ1n) is 7.89. The van der Waals surface area contributed by atoms with Gasteiger partial charge in [0.05, 0.1) is 24.9 Å². The molecular weight excluding hydrogens is 332 g/mol. The molecular formula is C17H25ClN2O4. The topological polar surface area (TPSA) is 51.2 Å². The second-order valence-electron chi connectivity index (χ2n) is 6.61. The number of amides is 1. The van der Waals surface area contributed by atoms with Crippen molar-refractivity contribution in [2.45, 2.75) is 26.4 Å². The molecule has 7 heteroatoms. The predicted molar refractivity (Wildman–Crippen MR) is 94.6 cm³/mol. The summed E-state index contributed by atoms with van der Waals surface area (Å²) in [6.45, 7) is 8.14. The zero-order valence-electron chi connectivity index (χ0n) is 14.9. The van der Waals surface area contributed by atoms with Gasteiger partial charge in [0, 0.05) is 38.3 Å². The van der Waals surface area contributed by atoms with Crippen LogP contribution in [0, 0.1) is 0 Å². The smallest absolute Gasteiger partial charge is 0.410 e. The second kappa shape index (κ2) is 7.38. The number of hydrogen-bond acceptors (Lipinski definition) is 5. The number of piperazine rings is 1. The molecule has 1 aliphatic rings. The highest BCUT2D eigenvalue weighted by atomic mass is 35.5. The summed E-state index contributed by atoms with van der Waals surface area (Å²) in [5.41, 5.74) is 0.420. The third-order valence-electron chi connectivity index (χ3n) is 3.73. The fourth-order valence-corrected chi connectivity index (χ4v) is 2.78. The van der Waals surface area contributed by atoms with E-state index in [1.807, 2.05) is 26.8 Å². The van der Waals surface area contributed by atoms with Crippen molar-refractivity contribution < 1.29 is 19.0 Å². The highest BCUT2D eigenvalue weighted by Gasteiger charge is 2.27. The third-order valence-corrected chi connectivity index (χ3v) is 4.02. The fraction of sp³-hybridized carbons (Fsp3) is 0.588. The van der Waals surface area contributed by atoms with Gasteiger partial charge in [0.25, 0.3) is 0 Å². The van der Waals surface area contributed by atoms with Gasteiger partial charge < -0.3 is 24.0 Å². The molecule has 0 unspecified atom stereocenters. The summed E-state index contributed by atoms with van der Waals surface area (Å²) >= 11 is 6.15. The molecule has 0 aliphatic carbocycles. The Morgan fingerprint density at radius 2 is 1.62 bits per heavy atom. The van der Waals surface area contributed by atoms with Crippen LogP contribution in [0.3, 0.4) is 0 Å². The number of halogens is 1. The quantitative estimate of drug-likeness (QED) is 0.830. The maximum atomic E-state index is 12.1. The molecule has 0 radical (unpaired) electrons. The van der Waals surface area contributed by atoms with Crippen LogP contribution in [0.25, 0.3) is 0 Å². The van der Waals surface area contributed by atoms with Gasteiger partial charge in [-0.3, -0.25) is 0 Å². The lowest BCUT2D eigenvalue weighted by atomic mass is 10.2. The van der Waals surface area contributed by atoms with Crippen LogP contribution in [0.4, 0.5) is 10.5 Å². The SMILES string of the molecule is COc1cc(N2CCN(C(=O)OC(C)(C)C)CC2)c(OC)cc1Cl. The number of methoxy groups -OCH3 is 2. The molecule has 1 aromatic rings. The van der Waals surface area contributed by atoms with Gasteiger partial charge in [-0.2, -0.15) is 0 Å². The first-order chi connectivity index (χ1) is 11.2. The Hall–Kier alpha value is -1.82. The van der Waals surface area contributed by atoms with Gasteiger partial charge >= 0.3 is 6.09 Å². The second-order valence-corrected chi connectivity index (χ2v) is 7.02. The van der Waals surface area contributed by atoms with E-state index >= 15 is 0 Å². The van der Waals surface area contributed by atoms with Crippen LogP contribution in [0.2, 0.25) is 5.02 Å². The molecule has 1 aromatic carbocycles.